The van der Waals surface area contributed by atoms with Crippen molar-refractivity contribution in [3.05, 3.63) is 35.4 Å². The summed E-state index contributed by atoms with van der Waals surface area (Å²) in [5.41, 5.74) is -1.24. The molecule has 10 heteroatoms. The van der Waals surface area contributed by atoms with Gasteiger partial charge in [-0.25, -0.2) is 0 Å². The summed E-state index contributed by atoms with van der Waals surface area (Å²) >= 11 is 5.15. The van der Waals surface area contributed by atoms with Gasteiger partial charge in [0, 0.05) is 11.8 Å². The molecule has 0 aliphatic rings. The average molecular weight is 371 g/mol. The first-order chi connectivity index (χ1) is 10.8. The van der Waals surface area contributed by atoms with Gasteiger partial charge in [0.05, 0.1) is 24.3 Å². The van der Waals surface area contributed by atoms with Crippen LogP contribution in [-0.2, 0) is 36.4 Å². The number of rotatable bonds is 7. The van der Waals surface area contributed by atoms with E-state index in [0.717, 1.165) is 6.07 Å². The molecule has 5 nitrogen and oxygen atoms in total. The summed E-state index contributed by atoms with van der Waals surface area (Å²) in [7, 11) is 1.18. The lowest BCUT2D eigenvalue weighted by atomic mass is 10.1. The molecule has 0 saturated carbocycles. The highest BCUT2D eigenvalue weighted by Gasteiger charge is 2.36. The van der Waals surface area contributed by atoms with Crippen LogP contribution in [-0.4, -0.2) is 26.2 Å². The second kappa shape index (κ2) is 8.63. The van der Waals surface area contributed by atoms with Gasteiger partial charge in [-0.15, -0.1) is 0 Å². The first kappa shape index (κ1) is 19.9. The molecule has 0 aromatic heterocycles. The molecule has 0 spiro atoms. The standard InChI is InChI=1S/C13H17F3NO4PS/c1-4-19-22(23,20-5-2)21-12(17-18-3)10-8-6-7-9-11(10)13(14,15)16/h6-9H,4-5H2,1-3H3. The van der Waals surface area contributed by atoms with Gasteiger partial charge in [0.2, 0.25) is 0 Å². The molecule has 0 unspecified atom stereocenters. The van der Waals surface area contributed by atoms with Crippen LogP contribution in [0.5, 0.6) is 0 Å². The van der Waals surface area contributed by atoms with E-state index in [-0.39, 0.29) is 18.8 Å². The van der Waals surface area contributed by atoms with Crippen molar-refractivity contribution in [1.29, 1.82) is 0 Å². The number of nitrogens with zero attached hydrogens (tertiary/aromatic N) is 1. The third-order valence-electron chi connectivity index (χ3n) is 2.41. The first-order valence-corrected chi connectivity index (χ1v) is 9.19. The van der Waals surface area contributed by atoms with E-state index in [9.17, 15) is 13.2 Å². The van der Waals surface area contributed by atoms with Crippen LogP contribution in [0.2, 0.25) is 0 Å². The molecular weight excluding hydrogens is 354 g/mol. The van der Waals surface area contributed by atoms with Crippen LogP contribution in [0.4, 0.5) is 13.2 Å². The van der Waals surface area contributed by atoms with Gasteiger partial charge in [-0.05, 0) is 31.1 Å². The van der Waals surface area contributed by atoms with E-state index in [2.05, 4.69) is 9.99 Å². The molecule has 130 valence electrons. The van der Waals surface area contributed by atoms with Gasteiger partial charge in [-0.3, -0.25) is 9.05 Å². The molecule has 0 aliphatic carbocycles. The molecule has 1 aromatic rings. The summed E-state index contributed by atoms with van der Waals surface area (Å²) in [5.74, 6) is -0.439. The van der Waals surface area contributed by atoms with E-state index >= 15 is 0 Å². The minimum absolute atomic E-state index is 0.179. The van der Waals surface area contributed by atoms with Crippen LogP contribution in [0, 0.1) is 0 Å². The number of halogens is 3. The molecule has 1 aromatic carbocycles. The summed E-state index contributed by atoms with van der Waals surface area (Å²) in [4.78, 5) is 4.58. The number of oxime groups is 1. The minimum Gasteiger partial charge on any atom is -0.402 e. The molecule has 0 aliphatic heterocycles. The molecule has 0 heterocycles. The van der Waals surface area contributed by atoms with E-state index in [0.29, 0.717) is 0 Å². The number of hydrogen-bond acceptors (Lipinski definition) is 6. The second-order valence-electron chi connectivity index (χ2n) is 4.00. The van der Waals surface area contributed by atoms with Crippen molar-refractivity contribution in [2.24, 2.45) is 5.16 Å². The Labute approximate surface area is 137 Å². The fourth-order valence-corrected chi connectivity index (χ4v) is 3.63. The van der Waals surface area contributed by atoms with Crippen molar-refractivity contribution >= 4 is 24.4 Å². The summed E-state index contributed by atoms with van der Waals surface area (Å²) in [6.45, 7) is 0.404. The van der Waals surface area contributed by atoms with Gasteiger partial charge in [-0.1, -0.05) is 12.1 Å². The molecule has 1 rings (SSSR count). The predicted molar refractivity (Wildman–Crippen MR) is 83.6 cm³/mol. The third-order valence-corrected chi connectivity index (χ3v) is 4.81. The van der Waals surface area contributed by atoms with Crippen molar-refractivity contribution in [2.75, 3.05) is 20.3 Å². The SMILES string of the molecule is CCOP(=S)(OCC)OC(=NOC)c1ccccc1C(F)(F)F. The van der Waals surface area contributed by atoms with Crippen molar-refractivity contribution < 1.29 is 31.6 Å². The average Bonchev–Trinajstić information content (AvgIpc) is 2.46. The lowest BCUT2D eigenvalue weighted by Gasteiger charge is -2.22. The van der Waals surface area contributed by atoms with Crippen LogP contribution < -0.4 is 0 Å². The minimum atomic E-state index is -4.59. The third kappa shape index (κ3) is 5.76. The Balaban J connectivity index is 3.29. The lowest BCUT2D eigenvalue weighted by molar-refractivity contribution is -0.137. The Morgan fingerprint density at radius 3 is 2.22 bits per heavy atom. The monoisotopic (exact) mass is 371 g/mol. The Kier molecular flexibility index (Phi) is 7.47. The number of hydrogen-bond donors (Lipinski definition) is 0. The first-order valence-electron chi connectivity index (χ1n) is 6.63. The maximum Gasteiger partial charge on any atom is 0.417 e. The molecule has 0 fully saturated rings. The van der Waals surface area contributed by atoms with Crippen LogP contribution in [0.3, 0.4) is 0 Å². The molecule has 0 saturated heterocycles. The van der Waals surface area contributed by atoms with Crippen molar-refractivity contribution in [3.8, 4) is 0 Å². The highest BCUT2D eigenvalue weighted by molar-refractivity contribution is 8.07. The molecule has 0 radical (unpaired) electrons. The van der Waals surface area contributed by atoms with Gasteiger partial charge >= 0.3 is 12.9 Å². The van der Waals surface area contributed by atoms with Crippen LogP contribution in [0.1, 0.15) is 25.0 Å². The number of alkyl halides is 3. The van der Waals surface area contributed by atoms with Crippen molar-refractivity contribution in [2.45, 2.75) is 20.0 Å². The van der Waals surface area contributed by atoms with Gasteiger partial charge in [-0.2, -0.15) is 13.2 Å². The molecule has 0 atom stereocenters. The fourth-order valence-electron chi connectivity index (χ4n) is 1.63. The second-order valence-corrected chi connectivity index (χ2v) is 6.93. The van der Waals surface area contributed by atoms with Gasteiger partial charge in [0.25, 0.3) is 5.90 Å². The lowest BCUT2D eigenvalue weighted by Crippen LogP contribution is -2.16. The largest absolute Gasteiger partial charge is 0.417 e. The Morgan fingerprint density at radius 2 is 1.74 bits per heavy atom. The van der Waals surface area contributed by atoms with E-state index < -0.39 is 24.4 Å². The van der Waals surface area contributed by atoms with Gasteiger partial charge in [0.15, 0.2) is 0 Å². The Bertz CT molecular complexity index is 585. The van der Waals surface area contributed by atoms with Gasteiger partial charge < -0.3 is 9.36 Å². The van der Waals surface area contributed by atoms with Crippen LogP contribution in [0.15, 0.2) is 29.4 Å². The van der Waals surface area contributed by atoms with E-state index in [1.807, 2.05) is 0 Å². The maximum atomic E-state index is 13.1. The predicted octanol–water partition coefficient (Wildman–Crippen LogP) is 4.33. The Morgan fingerprint density at radius 1 is 1.17 bits per heavy atom. The fraction of sp³-hybridized carbons (Fsp3) is 0.462. The van der Waals surface area contributed by atoms with Gasteiger partial charge in [0.1, 0.15) is 7.11 Å². The van der Waals surface area contributed by atoms with Crippen LogP contribution >= 0.6 is 6.72 Å². The zero-order valence-corrected chi connectivity index (χ0v) is 14.5. The maximum absolute atomic E-state index is 13.1. The summed E-state index contributed by atoms with van der Waals surface area (Å²) in [6.07, 6.45) is -4.59. The summed E-state index contributed by atoms with van der Waals surface area (Å²) in [6, 6.07) is 4.80. The summed E-state index contributed by atoms with van der Waals surface area (Å²) < 4.78 is 55.3. The molecular formula is C13H17F3NO4PS. The molecule has 23 heavy (non-hydrogen) atoms. The van der Waals surface area contributed by atoms with Crippen LogP contribution in [0.25, 0.3) is 0 Å². The quantitative estimate of drug-likeness (QED) is 0.309. The highest BCUT2D eigenvalue weighted by Crippen LogP contribution is 2.51. The van der Waals surface area contributed by atoms with Crippen molar-refractivity contribution in [1.82, 2.24) is 0 Å². The highest BCUT2D eigenvalue weighted by atomic mass is 32.5. The topological polar surface area (TPSA) is 49.3 Å². The normalized spacial score (nSPS) is 13.0. The zero-order valence-electron chi connectivity index (χ0n) is 12.8. The smallest absolute Gasteiger partial charge is 0.402 e. The van der Waals surface area contributed by atoms with E-state index in [1.165, 1.54) is 25.3 Å². The Hall–Kier alpha value is -1.15. The number of benzene rings is 1. The molecule has 0 amide bonds. The molecule has 0 bridgehead atoms. The van der Waals surface area contributed by atoms with E-state index in [4.69, 9.17) is 25.4 Å². The molecule has 0 N–H and O–H groups in total. The summed E-state index contributed by atoms with van der Waals surface area (Å²) in [5, 5.41) is 3.51. The van der Waals surface area contributed by atoms with E-state index in [1.54, 1.807) is 13.8 Å². The van der Waals surface area contributed by atoms with Crippen molar-refractivity contribution in [3.63, 3.8) is 0 Å². The zero-order chi connectivity index (χ0) is 17.5.